The van der Waals surface area contributed by atoms with E-state index in [1.807, 2.05) is 4.90 Å². The van der Waals surface area contributed by atoms with Crippen molar-refractivity contribution >= 4 is 5.91 Å². The minimum atomic E-state index is -0.399. The minimum absolute atomic E-state index is 0.137. The van der Waals surface area contributed by atoms with Crippen molar-refractivity contribution in [3.63, 3.8) is 0 Å². The Morgan fingerprint density at radius 1 is 1.21 bits per heavy atom. The standard InChI is InChI=1S/C10H19NO3/c1-13-10(14-2)8-9(12)11-6-4-3-5-7-11/h10H,3-8H2,1-2H3. The number of likely N-dealkylation sites (tertiary alicyclic amines) is 1. The molecule has 0 spiro atoms. The number of methoxy groups -OCH3 is 2. The van der Waals surface area contributed by atoms with E-state index in [-0.39, 0.29) is 5.91 Å². The first kappa shape index (κ1) is 11.5. The lowest BCUT2D eigenvalue weighted by Crippen LogP contribution is -2.37. The van der Waals surface area contributed by atoms with Gasteiger partial charge in [0.05, 0.1) is 6.42 Å². The summed E-state index contributed by atoms with van der Waals surface area (Å²) in [5.74, 6) is 0.137. The Balaban J connectivity index is 2.32. The Morgan fingerprint density at radius 2 is 1.79 bits per heavy atom. The Bertz CT molecular complexity index is 174. The molecule has 1 fully saturated rings. The second-order valence-electron chi connectivity index (χ2n) is 3.55. The van der Waals surface area contributed by atoms with Crippen molar-refractivity contribution in [1.82, 2.24) is 4.90 Å². The Kier molecular flexibility index (Phi) is 4.90. The summed E-state index contributed by atoms with van der Waals surface area (Å²) in [6.07, 6.45) is 3.41. The zero-order valence-corrected chi connectivity index (χ0v) is 8.99. The van der Waals surface area contributed by atoms with Crippen molar-refractivity contribution in [1.29, 1.82) is 0 Å². The summed E-state index contributed by atoms with van der Waals surface area (Å²) in [6.45, 7) is 1.78. The summed E-state index contributed by atoms with van der Waals surface area (Å²) in [7, 11) is 3.11. The SMILES string of the molecule is COC(CC(=O)N1CCCCC1)OC. The van der Waals surface area contributed by atoms with E-state index in [1.54, 1.807) is 14.2 Å². The highest BCUT2D eigenvalue weighted by Gasteiger charge is 2.20. The molecule has 0 aromatic carbocycles. The fourth-order valence-electron chi connectivity index (χ4n) is 1.68. The van der Waals surface area contributed by atoms with Crippen LogP contribution >= 0.6 is 0 Å². The van der Waals surface area contributed by atoms with E-state index in [4.69, 9.17) is 9.47 Å². The van der Waals surface area contributed by atoms with Gasteiger partial charge in [-0.25, -0.2) is 0 Å². The van der Waals surface area contributed by atoms with Crippen LogP contribution in [0.2, 0.25) is 0 Å². The lowest BCUT2D eigenvalue weighted by atomic mass is 10.1. The van der Waals surface area contributed by atoms with Gasteiger partial charge in [-0.05, 0) is 19.3 Å². The van der Waals surface area contributed by atoms with E-state index in [0.717, 1.165) is 25.9 Å². The van der Waals surface area contributed by atoms with Gasteiger partial charge in [-0.3, -0.25) is 4.79 Å². The quantitative estimate of drug-likeness (QED) is 0.637. The molecule has 1 amide bonds. The molecule has 0 N–H and O–H groups in total. The Hall–Kier alpha value is -0.610. The van der Waals surface area contributed by atoms with Crippen LogP contribution in [0, 0.1) is 0 Å². The number of carbonyl (C=O) groups is 1. The fourth-order valence-corrected chi connectivity index (χ4v) is 1.68. The molecule has 0 unspecified atom stereocenters. The van der Waals surface area contributed by atoms with E-state index in [0.29, 0.717) is 6.42 Å². The molecular weight excluding hydrogens is 182 g/mol. The highest BCUT2D eigenvalue weighted by molar-refractivity contribution is 5.76. The van der Waals surface area contributed by atoms with Crippen molar-refractivity contribution in [2.75, 3.05) is 27.3 Å². The van der Waals surface area contributed by atoms with Gasteiger partial charge in [-0.2, -0.15) is 0 Å². The predicted molar refractivity (Wildman–Crippen MR) is 52.9 cm³/mol. The molecule has 1 heterocycles. The number of nitrogens with zero attached hydrogens (tertiary/aromatic N) is 1. The van der Waals surface area contributed by atoms with Crippen LogP contribution < -0.4 is 0 Å². The molecule has 4 heteroatoms. The molecule has 0 saturated carbocycles. The molecule has 1 aliphatic rings. The first-order chi connectivity index (χ1) is 6.77. The first-order valence-corrected chi connectivity index (χ1v) is 5.11. The van der Waals surface area contributed by atoms with Gasteiger partial charge in [0.15, 0.2) is 6.29 Å². The molecule has 0 aromatic heterocycles. The zero-order chi connectivity index (χ0) is 10.4. The zero-order valence-electron chi connectivity index (χ0n) is 8.99. The number of hydrogen-bond acceptors (Lipinski definition) is 3. The van der Waals surface area contributed by atoms with Crippen molar-refractivity contribution in [2.24, 2.45) is 0 Å². The maximum atomic E-state index is 11.7. The van der Waals surface area contributed by atoms with E-state index in [1.165, 1.54) is 6.42 Å². The number of piperidine rings is 1. The van der Waals surface area contributed by atoms with Gasteiger partial charge in [-0.1, -0.05) is 0 Å². The van der Waals surface area contributed by atoms with Gasteiger partial charge in [0.1, 0.15) is 0 Å². The molecule has 1 aliphatic heterocycles. The van der Waals surface area contributed by atoms with Crippen LogP contribution in [0.15, 0.2) is 0 Å². The number of rotatable bonds is 4. The average Bonchev–Trinajstić information content (AvgIpc) is 2.26. The third kappa shape index (κ3) is 3.27. The third-order valence-corrected chi connectivity index (χ3v) is 2.58. The average molecular weight is 201 g/mol. The molecule has 1 saturated heterocycles. The van der Waals surface area contributed by atoms with Crippen LogP contribution in [0.1, 0.15) is 25.7 Å². The number of amides is 1. The summed E-state index contributed by atoms with van der Waals surface area (Å²) in [5.41, 5.74) is 0. The van der Waals surface area contributed by atoms with Gasteiger partial charge in [-0.15, -0.1) is 0 Å². The topological polar surface area (TPSA) is 38.8 Å². The molecule has 4 nitrogen and oxygen atoms in total. The number of carbonyl (C=O) groups excluding carboxylic acids is 1. The normalized spacial score (nSPS) is 17.5. The van der Waals surface area contributed by atoms with Crippen molar-refractivity contribution in [3.05, 3.63) is 0 Å². The van der Waals surface area contributed by atoms with Crippen LogP contribution in [-0.4, -0.2) is 44.4 Å². The van der Waals surface area contributed by atoms with Crippen molar-refractivity contribution in [2.45, 2.75) is 32.0 Å². The van der Waals surface area contributed by atoms with Gasteiger partial charge in [0, 0.05) is 27.3 Å². The second kappa shape index (κ2) is 5.98. The maximum absolute atomic E-state index is 11.7. The van der Waals surface area contributed by atoms with Gasteiger partial charge < -0.3 is 14.4 Å². The first-order valence-electron chi connectivity index (χ1n) is 5.11. The molecule has 0 aromatic rings. The second-order valence-corrected chi connectivity index (χ2v) is 3.55. The summed E-state index contributed by atoms with van der Waals surface area (Å²) in [5, 5.41) is 0. The van der Waals surface area contributed by atoms with Crippen molar-refractivity contribution < 1.29 is 14.3 Å². The summed E-state index contributed by atoms with van der Waals surface area (Å²) in [4.78, 5) is 13.6. The fraction of sp³-hybridized carbons (Fsp3) is 0.900. The van der Waals surface area contributed by atoms with E-state index in [9.17, 15) is 4.79 Å². The van der Waals surface area contributed by atoms with Crippen molar-refractivity contribution in [3.8, 4) is 0 Å². The number of ether oxygens (including phenoxy) is 2. The molecule has 0 radical (unpaired) electrons. The van der Waals surface area contributed by atoms with E-state index < -0.39 is 6.29 Å². The third-order valence-electron chi connectivity index (χ3n) is 2.58. The maximum Gasteiger partial charge on any atom is 0.227 e. The van der Waals surface area contributed by atoms with Crippen LogP contribution in [0.5, 0.6) is 0 Å². The Labute approximate surface area is 85.2 Å². The molecule has 1 rings (SSSR count). The van der Waals surface area contributed by atoms with Crippen LogP contribution in [0.25, 0.3) is 0 Å². The highest BCUT2D eigenvalue weighted by Crippen LogP contribution is 2.11. The Morgan fingerprint density at radius 3 is 2.29 bits per heavy atom. The minimum Gasteiger partial charge on any atom is -0.355 e. The highest BCUT2D eigenvalue weighted by atomic mass is 16.7. The lowest BCUT2D eigenvalue weighted by Gasteiger charge is -2.27. The molecule has 0 aliphatic carbocycles. The van der Waals surface area contributed by atoms with Crippen LogP contribution in [-0.2, 0) is 14.3 Å². The predicted octanol–water partition coefficient (Wildman–Crippen LogP) is 1.01. The molecular formula is C10H19NO3. The summed E-state index contributed by atoms with van der Waals surface area (Å²) >= 11 is 0. The monoisotopic (exact) mass is 201 g/mol. The van der Waals surface area contributed by atoms with Gasteiger partial charge >= 0.3 is 0 Å². The van der Waals surface area contributed by atoms with E-state index in [2.05, 4.69) is 0 Å². The molecule has 0 atom stereocenters. The van der Waals surface area contributed by atoms with E-state index >= 15 is 0 Å². The van der Waals surface area contributed by atoms with Crippen LogP contribution in [0.4, 0.5) is 0 Å². The smallest absolute Gasteiger partial charge is 0.227 e. The summed E-state index contributed by atoms with van der Waals surface area (Å²) < 4.78 is 9.98. The molecule has 0 bridgehead atoms. The summed E-state index contributed by atoms with van der Waals surface area (Å²) in [6, 6.07) is 0. The molecule has 14 heavy (non-hydrogen) atoms. The molecule has 82 valence electrons. The largest absolute Gasteiger partial charge is 0.355 e. The lowest BCUT2D eigenvalue weighted by molar-refractivity contribution is -0.148. The van der Waals surface area contributed by atoms with Gasteiger partial charge in [0.2, 0.25) is 5.91 Å². The number of hydrogen-bond donors (Lipinski definition) is 0. The van der Waals surface area contributed by atoms with Gasteiger partial charge in [0.25, 0.3) is 0 Å². The van der Waals surface area contributed by atoms with Crippen LogP contribution in [0.3, 0.4) is 0 Å².